The van der Waals surface area contributed by atoms with Crippen LogP contribution >= 0.6 is 69.4 Å². The van der Waals surface area contributed by atoms with Crippen molar-refractivity contribution in [2.24, 2.45) is 0 Å². The molecular weight excluding hydrogens is 1300 g/mol. The van der Waals surface area contributed by atoms with E-state index in [2.05, 4.69) is 37.3 Å². The summed E-state index contributed by atoms with van der Waals surface area (Å²) in [5.41, 5.74) is 2.53. The Balaban J connectivity index is 1.09. The standard InChI is InChI=1S/C68H72Cl3N3O15S3/c1-44(2)62(75)81-35-32-72-65(78)87-56(41-90-59-26-14-50(69)15-27-59)38-84-53-20-8-47(9-21-53)68(7,48-10-22-54(23-11-48)85-39-57(42-91-60-28-16-51(70)17-29-60)88-66(79)73-33-36-82-63(76)45(3)4)49-12-24-55(25-13-49)86-40-58-43-92(61-30-18-52(71)19-31-61)74(67(80)89-58)34-37-83-64(77)46(5)6/h8-31,56-58,92H,1,3,5,32-43H2,2,4,6-7H3,(H,72,78)(H,73,79). The fourth-order valence-electron chi connectivity index (χ4n) is 8.75. The molecule has 0 aromatic heterocycles. The van der Waals surface area contributed by atoms with E-state index in [-0.39, 0.29) is 76.0 Å². The average molecular weight is 1370 g/mol. The van der Waals surface area contributed by atoms with E-state index in [0.717, 1.165) is 31.4 Å². The van der Waals surface area contributed by atoms with Crippen LogP contribution in [0.5, 0.6) is 17.2 Å². The van der Waals surface area contributed by atoms with Crippen molar-refractivity contribution < 1.29 is 71.4 Å². The van der Waals surface area contributed by atoms with Crippen LogP contribution in [0.4, 0.5) is 14.4 Å². The van der Waals surface area contributed by atoms with Gasteiger partial charge in [0.1, 0.15) is 75.2 Å². The summed E-state index contributed by atoms with van der Waals surface area (Å²) in [5.74, 6) is 0.963. The third-order valence-electron chi connectivity index (χ3n) is 13.7. The number of alkyl carbamates (subject to hydrolysis) is 2. The first-order valence-electron chi connectivity index (χ1n) is 29.0. The first-order valence-corrected chi connectivity index (χ1v) is 33.6. The number of carbonyl (C=O) groups excluding carboxylic acids is 6. The van der Waals surface area contributed by atoms with Crippen molar-refractivity contribution in [3.05, 3.63) is 214 Å². The number of nitrogens with zero attached hydrogens (tertiary/aromatic N) is 1. The lowest BCUT2D eigenvalue weighted by Crippen LogP contribution is -2.44. The van der Waals surface area contributed by atoms with Crippen molar-refractivity contribution in [2.75, 3.05) is 76.5 Å². The van der Waals surface area contributed by atoms with Crippen LogP contribution in [0.15, 0.2) is 197 Å². The number of carbonyl (C=O) groups is 6. The third-order valence-corrected chi connectivity index (χ3v) is 19.3. The van der Waals surface area contributed by atoms with Crippen molar-refractivity contribution in [3.8, 4) is 17.2 Å². The van der Waals surface area contributed by atoms with E-state index < -0.39 is 71.0 Å². The first-order chi connectivity index (χ1) is 44.1. The Bertz CT molecular complexity index is 3270. The summed E-state index contributed by atoms with van der Waals surface area (Å²) in [6, 6.07) is 44.7. The number of esters is 3. The highest BCUT2D eigenvalue weighted by atomic mass is 35.5. The van der Waals surface area contributed by atoms with Gasteiger partial charge in [-0.1, -0.05) is 90.9 Å². The molecule has 4 atom stereocenters. The second-order valence-corrected chi connectivity index (χ2v) is 26.7. The Morgan fingerprint density at radius 1 is 0.565 bits per heavy atom. The lowest BCUT2D eigenvalue weighted by atomic mass is 9.71. The molecule has 1 aliphatic rings. The summed E-state index contributed by atoms with van der Waals surface area (Å²) in [7, 11) is 0. The van der Waals surface area contributed by atoms with Crippen LogP contribution in [0.1, 0.15) is 44.4 Å². The predicted molar refractivity (Wildman–Crippen MR) is 360 cm³/mol. The summed E-state index contributed by atoms with van der Waals surface area (Å²) in [4.78, 5) is 78.3. The van der Waals surface area contributed by atoms with Gasteiger partial charge in [0.15, 0.2) is 0 Å². The normalized spacial score (nSPS) is 15.2. The Morgan fingerprint density at radius 2 is 0.935 bits per heavy atom. The molecule has 0 radical (unpaired) electrons. The van der Waals surface area contributed by atoms with Gasteiger partial charge in [0.2, 0.25) is 0 Å². The SMILES string of the molecule is C=C(C)C(=O)OCCNC(=O)OC(COc1ccc(C(C)(c2ccc(OCC(CSc3ccc(Cl)cc3)OC(=O)NCCOC(=O)C(=C)C)cc2)c2ccc(OCC3C[SH](c4ccc(Cl)cc4)N(CCOC(=O)C(=C)C)C(=O)O3)cc2)cc1)CSc1ccc(Cl)cc1. The van der Waals surface area contributed by atoms with Crippen molar-refractivity contribution in [1.82, 2.24) is 14.9 Å². The Morgan fingerprint density at radius 3 is 1.33 bits per heavy atom. The molecule has 1 heterocycles. The van der Waals surface area contributed by atoms with E-state index in [0.29, 0.717) is 49.6 Å². The number of benzene rings is 6. The maximum Gasteiger partial charge on any atom is 0.419 e. The van der Waals surface area contributed by atoms with Crippen LogP contribution in [0.3, 0.4) is 0 Å². The number of thiol groups is 1. The summed E-state index contributed by atoms with van der Waals surface area (Å²) >= 11 is 20.2. The first kappa shape index (κ1) is 71.5. The maximum absolute atomic E-state index is 13.7. The lowest BCUT2D eigenvalue weighted by molar-refractivity contribution is -0.139. The van der Waals surface area contributed by atoms with Crippen molar-refractivity contribution in [2.45, 2.75) is 66.1 Å². The predicted octanol–water partition coefficient (Wildman–Crippen LogP) is 14.1. The van der Waals surface area contributed by atoms with Gasteiger partial charge in [-0.3, -0.25) is 4.31 Å². The molecule has 3 amide bonds. The molecule has 24 heteroatoms. The summed E-state index contributed by atoms with van der Waals surface area (Å²) in [5, 5.41) is 6.96. The number of thioether (sulfide) groups is 2. The fourth-order valence-corrected chi connectivity index (χ4v) is 13.2. The molecule has 7 rings (SSSR count). The molecule has 4 unspecified atom stereocenters. The molecule has 2 N–H and O–H groups in total. The molecule has 92 heavy (non-hydrogen) atoms. The number of amides is 3. The van der Waals surface area contributed by atoms with Crippen molar-refractivity contribution in [3.63, 3.8) is 0 Å². The number of hydrogen-bond donors (Lipinski definition) is 3. The maximum atomic E-state index is 13.7. The second kappa shape index (κ2) is 35.8. The molecule has 0 spiro atoms. The minimum absolute atomic E-state index is 0.00434. The van der Waals surface area contributed by atoms with E-state index in [1.165, 1.54) is 37.4 Å². The van der Waals surface area contributed by atoms with Gasteiger partial charge in [-0.25, -0.2) is 28.8 Å². The van der Waals surface area contributed by atoms with Crippen LogP contribution in [0, 0.1) is 0 Å². The molecule has 6 aromatic carbocycles. The summed E-state index contributed by atoms with van der Waals surface area (Å²) in [6.07, 6.45) is -4.04. The highest BCUT2D eigenvalue weighted by Gasteiger charge is 2.36. The van der Waals surface area contributed by atoms with Crippen LogP contribution in [-0.2, 0) is 48.2 Å². The number of nitrogens with one attached hydrogen (secondary N) is 2. The largest absolute Gasteiger partial charge is 0.490 e. The van der Waals surface area contributed by atoms with Gasteiger partial charge in [0.25, 0.3) is 0 Å². The van der Waals surface area contributed by atoms with Gasteiger partial charge in [0, 0.05) is 69.1 Å². The zero-order valence-corrected chi connectivity index (χ0v) is 56.0. The Hall–Kier alpha value is -7.92. The second-order valence-electron chi connectivity index (χ2n) is 21.0. The Labute approximate surface area is 562 Å². The van der Waals surface area contributed by atoms with Crippen LogP contribution in [0.2, 0.25) is 15.1 Å². The highest BCUT2D eigenvalue weighted by Crippen LogP contribution is 2.45. The average Bonchev–Trinajstić information content (AvgIpc) is 1.18. The summed E-state index contributed by atoms with van der Waals surface area (Å²) in [6.45, 7) is 17.5. The monoisotopic (exact) mass is 1370 g/mol. The number of cyclic esters (lactones) is 1. The molecule has 488 valence electrons. The van der Waals surface area contributed by atoms with Crippen LogP contribution in [-0.4, -0.2) is 135 Å². The van der Waals surface area contributed by atoms with Gasteiger partial charge in [-0.2, -0.15) is 0 Å². The van der Waals surface area contributed by atoms with E-state index in [9.17, 15) is 28.8 Å². The minimum atomic E-state index is -1.27. The smallest absolute Gasteiger partial charge is 0.419 e. The molecular formula is C68H72Cl3N3O15S3. The zero-order valence-electron chi connectivity index (χ0n) is 51.2. The van der Waals surface area contributed by atoms with Gasteiger partial charge < -0.3 is 53.3 Å². The minimum Gasteiger partial charge on any atom is -0.490 e. The fraction of sp³-hybridized carbons (Fsp3) is 0.294. The van der Waals surface area contributed by atoms with Crippen molar-refractivity contribution >= 4 is 106 Å². The highest BCUT2D eigenvalue weighted by molar-refractivity contribution is 8.15. The molecule has 18 nitrogen and oxygen atoms in total. The topological polar surface area (TPSA) is 213 Å². The molecule has 1 fully saturated rings. The van der Waals surface area contributed by atoms with E-state index in [1.807, 2.05) is 109 Å². The van der Waals surface area contributed by atoms with Gasteiger partial charge in [-0.05, 0) is 154 Å². The molecule has 6 aromatic rings. The van der Waals surface area contributed by atoms with E-state index in [1.54, 1.807) is 47.6 Å². The molecule has 0 aliphatic carbocycles. The van der Waals surface area contributed by atoms with Gasteiger partial charge in [-0.15, -0.1) is 34.6 Å². The van der Waals surface area contributed by atoms with Crippen LogP contribution in [0.25, 0.3) is 0 Å². The van der Waals surface area contributed by atoms with Gasteiger partial charge in [0.05, 0.1) is 19.6 Å². The zero-order chi connectivity index (χ0) is 66.2. The number of rotatable bonds is 33. The number of hydrogen-bond acceptors (Lipinski definition) is 17. The van der Waals surface area contributed by atoms with Crippen molar-refractivity contribution in [1.29, 1.82) is 0 Å². The number of halogens is 3. The Kier molecular flexibility index (Phi) is 27.8. The van der Waals surface area contributed by atoms with E-state index in [4.69, 9.17) is 77.4 Å². The van der Waals surface area contributed by atoms with Gasteiger partial charge >= 0.3 is 36.2 Å². The number of ether oxygens (including phenoxy) is 9. The third kappa shape index (κ3) is 22.4. The van der Waals surface area contributed by atoms with E-state index >= 15 is 0 Å². The van der Waals surface area contributed by atoms with Crippen LogP contribution < -0.4 is 24.8 Å². The molecule has 0 saturated carbocycles. The molecule has 0 bridgehead atoms. The lowest BCUT2D eigenvalue weighted by Gasteiger charge is -2.41. The molecule has 1 saturated heterocycles. The summed E-state index contributed by atoms with van der Waals surface area (Å²) < 4.78 is 53.7. The quantitative estimate of drug-likeness (QED) is 0.00665. The molecule has 1 aliphatic heterocycles.